The molecule has 1 N–H and O–H groups in total. The van der Waals surface area contributed by atoms with Gasteiger partial charge in [-0.2, -0.15) is 0 Å². The number of hydrogen-bond donors (Lipinski definition) is 1. The predicted octanol–water partition coefficient (Wildman–Crippen LogP) is 3.89. The minimum absolute atomic E-state index is 0.288. The van der Waals surface area contributed by atoms with Gasteiger partial charge in [0.05, 0.1) is 6.61 Å². The van der Waals surface area contributed by atoms with E-state index in [1.807, 2.05) is 26.0 Å². The van der Waals surface area contributed by atoms with Crippen LogP contribution < -0.4 is 4.74 Å². The molecule has 0 bridgehead atoms. The van der Waals surface area contributed by atoms with E-state index >= 15 is 0 Å². The Balaban J connectivity index is 2.36. The van der Waals surface area contributed by atoms with E-state index < -0.39 is 0 Å². The van der Waals surface area contributed by atoms with Gasteiger partial charge in [-0.3, -0.25) is 0 Å². The van der Waals surface area contributed by atoms with Crippen LogP contribution in [0, 0.1) is 13.8 Å². The topological polar surface area (TPSA) is 29.5 Å². The third kappa shape index (κ3) is 4.97. The van der Waals surface area contributed by atoms with Gasteiger partial charge in [-0.05, 0) is 56.4 Å². The summed E-state index contributed by atoms with van der Waals surface area (Å²) in [6, 6.07) is 3.85. The van der Waals surface area contributed by atoms with Crippen LogP contribution in [0.2, 0.25) is 5.02 Å². The van der Waals surface area contributed by atoms with Gasteiger partial charge in [-0.1, -0.05) is 18.0 Å². The molecule has 0 aliphatic rings. The average molecular weight is 257 g/mol. The van der Waals surface area contributed by atoms with Crippen LogP contribution >= 0.6 is 11.6 Å². The summed E-state index contributed by atoms with van der Waals surface area (Å²) in [5, 5.41) is 9.42. The first-order valence-corrected chi connectivity index (χ1v) is 6.53. The molecule has 0 aliphatic carbocycles. The zero-order valence-electron chi connectivity index (χ0n) is 10.6. The van der Waals surface area contributed by atoms with Gasteiger partial charge >= 0.3 is 0 Å². The number of aliphatic hydroxyl groups is 1. The van der Waals surface area contributed by atoms with Crippen LogP contribution in [0.4, 0.5) is 0 Å². The highest BCUT2D eigenvalue weighted by Gasteiger charge is 2.05. The number of benzene rings is 1. The molecule has 3 heteroatoms. The maximum Gasteiger partial charge on any atom is 0.125 e. The van der Waals surface area contributed by atoms with E-state index in [4.69, 9.17) is 21.4 Å². The third-order valence-electron chi connectivity index (χ3n) is 2.72. The monoisotopic (exact) mass is 256 g/mol. The van der Waals surface area contributed by atoms with Gasteiger partial charge in [0.1, 0.15) is 5.75 Å². The Morgan fingerprint density at radius 1 is 1.06 bits per heavy atom. The molecule has 0 atom stereocenters. The van der Waals surface area contributed by atoms with Crippen LogP contribution in [0.1, 0.15) is 36.8 Å². The van der Waals surface area contributed by atoms with Crippen molar-refractivity contribution in [1.82, 2.24) is 0 Å². The van der Waals surface area contributed by atoms with Crippen LogP contribution in [0.25, 0.3) is 0 Å². The van der Waals surface area contributed by atoms with Crippen molar-refractivity contribution in [2.45, 2.75) is 39.5 Å². The first-order chi connectivity index (χ1) is 8.15. The third-order valence-corrected chi connectivity index (χ3v) is 2.94. The van der Waals surface area contributed by atoms with Gasteiger partial charge < -0.3 is 9.84 Å². The van der Waals surface area contributed by atoms with Gasteiger partial charge in [0.2, 0.25) is 0 Å². The van der Waals surface area contributed by atoms with Crippen LogP contribution in [0.3, 0.4) is 0 Å². The SMILES string of the molecule is Cc1cc(Cl)cc(C)c1OCCCCCCO. The number of rotatable bonds is 7. The Kier molecular flexibility index (Phi) is 6.38. The average Bonchev–Trinajstić information content (AvgIpc) is 2.26. The molecule has 1 rings (SSSR count). The Morgan fingerprint density at radius 2 is 1.65 bits per heavy atom. The molecule has 0 heterocycles. The van der Waals surface area contributed by atoms with Crippen molar-refractivity contribution < 1.29 is 9.84 Å². The van der Waals surface area contributed by atoms with Gasteiger partial charge in [0.15, 0.2) is 0 Å². The smallest absolute Gasteiger partial charge is 0.125 e. The Morgan fingerprint density at radius 3 is 2.24 bits per heavy atom. The summed E-state index contributed by atoms with van der Waals surface area (Å²) in [5.41, 5.74) is 2.18. The van der Waals surface area contributed by atoms with Crippen LogP contribution in [-0.4, -0.2) is 18.3 Å². The first kappa shape index (κ1) is 14.3. The Bertz CT molecular complexity index is 327. The molecular formula is C14H21ClO2. The standard InChI is InChI=1S/C14H21ClO2/c1-11-9-13(15)10-12(2)14(11)17-8-6-4-3-5-7-16/h9-10,16H,3-8H2,1-2H3. The highest BCUT2D eigenvalue weighted by Crippen LogP contribution is 2.27. The molecule has 0 amide bonds. The van der Waals surface area contributed by atoms with E-state index in [0.717, 1.165) is 54.2 Å². The molecular weight excluding hydrogens is 236 g/mol. The van der Waals surface area contributed by atoms with Crippen LogP contribution in [0.15, 0.2) is 12.1 Å². The lowest BCUT2D eigenvalue weighted by molar-refractivity contribution is 0.272. The molecule has 0 radical (unpaired) electrons. The van der Waals surface area contributed by atoms with E-state index in [0.29, 0.717) is 0 Å². The maximum atomic E-state index is 8.66. The van der Waals surface area contributed by atoms with Crippen molar-refractivity contribution in [2.75, 3.05) is 13.2 Å². The fraction of sp³-hybridized carbons (Fsp3) is 0.571. The quantitative estimate of drug-likeness (QED) is 0.750. The van der Waals surface area contributed by atoms with E-state index in [-0.39, 0.29) is 6.61 Å². The van der Waals surface area contributed by atoms with E-state index in [9.17, 15) is 0 Å². The first-order valence-electron chi connectivity index (χ1n) is 6.15. The lowest BCUT2D eigenvalue weighted by Gasteiger charge is -2.12. The molecule has 2 nitrogen and oxygen atoms in total. The molecule has 0 saturated carbocycles. The lowest BCUT2D eigenvalue weighted by Crippen LogP contribution is -2.01. The lowest BCUT2D eigenvalue weighted by atomic mass is 10.1. The highest BCUT2D eigenvalue weighted by molar-refractivity contribution is 6.30. The molecule has 17 heavy (non-hydrogen) atoms. The Hall–Kier alpha value is -0.730. The zero-order chi connectivity index (χ0) is 12.7. The predicted molar refractivity (Wildman–Crippen MR) is 72.0 cm³/mol. The molecule has 0 fully saturated rings. The summed E-state index contributed by atoms with van der Waals surface area (Å²) in [7, 11) is 0. The van der Waals surface area contributed by atoms with Gasteiger partial charge in [-0.25, -0.2) is 0 Å². The molecule has 0 spiro atoms. The summed E-state index contributed by atoms with van der Waals surface area (Å²) in [4.78, 5) is 0. The summed E-state index contributed by atoms with van der Waals surface area (Å²) < 4.78 is 5.78. The van der Waals surface area contributed by atoms with E-state index in [1.165, 1.54) is 0 Å². The van der Waals surface area contributed by atoms with Gasteiger partial charge in [-0.15, -0.1) is 0 Å². The van der Waals surface area contributed by atoms with Gasteiger partial charge in [0.25, 0.3) is 0 Å². The number of hydrogen-bond acceptors (Lipinski definition) is 2. The normalized spacial score (nSPS) is 10.6. The summed E-state index contributed by atoms with van der Waals surface area (Å²) in [6.45, 7) is 5.05. The summed E-state index contributed by atoms with van der Waals surface area (Å²) in [5.74, 6) is 0.955. The fourth-order valence-electron chi connectivity index (χ4n) is 1.87. The largest absolute Gasteiger partial charge is 0.493 e. The molecule has 1 aromatic rings. The van der Waals surface area contributed by atoms with Gasteiger partial charge in [0, 0.05) is 11.6 Å². The van der Waals surface area contributed by atoms with Crippen LogP contribution in [0.5, 0.6) is 5.75 Å². The number of aryl methyl sites for hydroxylation is 2. The van der Waals surface area contributed by atoms with Crippen molar-refractivity contribution in [3.05, 3.63) is 28.3 Å². The van der Waals surface area contributed by atoms with E-state index in [2.05, 4.69) is 0 Å². The summed E-state index contributed by atoms with van der Waals surface area (Å²) in [6.07, 6.45) is 4.09. The van der Waals surface area contributed by atoms with Crippen molar-refractivity contribution >= 4 is 11.6 Å². The van der Waals surface area contributed by atoms with Crippen molar-refractivity contribution in [3.63, 3.8) is 0 Å². The number of aliphatic hydroxyl groups excluding tert-OH is 1. The summed E-state index contributed by atoms with van der Waals surface area (Å²) >= 11 is 5.96. The second-order valence-electron chi connectivity index (χ2n) is 4.35. The maximum absolute atomic E-state index is 8.66. The second kappa shape index (κ2) is 7.57. The van der Waals surface area contributed by atoms with Crippen molar-refractivity contribution in [1.29, 1.82) is 0 Å². The number of unbranched alkanes of at least 4 members (excludes halogenated alkanes) is 3. The van der Waals surface area contributed by atoms with Crippen molar-refractivity contribution in [3.8, 4) is 5.75 Å². The number of halogens is 1. The zero-order valence-corrected chi connectivity index (χ0v) is 11.4. The molecule has 96 valence electrons. The minimum Gasteiger partial charge on any atom is -0.493 e. The molecule has 1 aromatic carbocycles. The molecule has 0 unspecified atom stereocenters. The number of ether oxygens (including phenoxy) is 1. The molecule has 0 saturated heterocycles. The van der Waals surface area contributed by atoms with E-state index in [1.54, 1.807) is 0 Å². The Labute approximate surface area is 109 Å². The minimum atomic E-state index is 0.288. The van der Waals surface area contributed by atoms with Crippen LogP contribution in [-0.2, 0) is 0 Å². The fourth-order valence-corrected chi connectivity index (χ4v) is 2.19. The molecule has 0 aliphatic heterocycles. The van der Waals surface area contributed by atoms with Crippen molar-refractivity contribution in [2.24, 2.45) is 0 Å². The molecule has 0 aromatic heterocycles. The second-order valence-corrected chi connectivity index (χ2v) is 4.79. The highest BCUT2D eigenvalue weighted by atomic mass is 35.5.